The second-order valence-corrected chi connectivity index (χ2v) is 5.93. The zero-order chi connectivity index (χ0) is 15.9. The lowest BCUT2D eigenvalue weighted by Gasteiger charge is -2.39. The first-order chi connectivity index (χ1) is 10.6. The molecule has 0 aliphatic carbocycles. The lowest BCUT2D eigenvalue weighted by molar-refractivity contribution is -0.125. The van der Waals surface area contributed by atoms with Gasteiger partial charge < -0.3 is 15.5 Å². The predicted molar refractivity (Wildman–Crippen MR) is 85.4 cm³/mol. The van der Waals surface area contributed by atoms with Crippen LogP contribution in [0.3, 0.4) is 0 Å². The van der Waals surface area contributed by atoms with Crippen molar-refractivity contribution < 1.29 is 15.0 Å². The highest BCUT2D eigenvalue weighted by molar-refractivity contribution is 5.75. The summed E-state index contributed by atoms with van der Waals surface area (Å²) in [5.41, 5.74) is 1.30. The summed E-state index contributed by atoms with van der Waals surface area (Å²) in [6, 6.07) is 9.90. The van der Waals surface area contributed by atoms with Crippen molar-refractivity contribution in [3.63, 3.8) is 0 Å². The highest BCUT2D eigenvalue weighted by Gasteiger charge is 2.34. The van der Waals surface area contributed by atoms with Crippen LogP contribution in [0.25, 0.3) is 0 Å². The molecule has 3 unspecified atom stereocenters. The van der Waals surface area contributed by atoms with Gasteiger partial charge in [-0.15, -0.1) is 0 Å². The SMILES string of the molecule is CCC(=O)NC1CN(CCCc2ccccc2)CC(O)C1O. The Morgan fingerprint density at radius 2 is 2.00 bits per heavy atom. The number of nitrogens with zero attached hydrogens (tertiary/aromatic N) is 1. The topological polar surface area (TPSA) is 72.8 Å². The Kier molecular flexibility index (Phi) is 6.36. The lowest BCUT2D eigenvalue weighted by Crippen LogP contribution is -2.61. The van der Waals surface area contributed by atoms with Crippen LogP contribution in [0.4, 0.5) is 0 Å². The van der Waals surface area contributed by atoms with E-state index in [4.69, 9.17) is 0 Å². The van der Waals surface area contributed by atoms with Crippen molar-refractivity contribution in [1.82, 2.24) is 10.2 Å². The highest BCUT2D eigenvalue weighted by atomic mass is 16.3. The number of nitrogens with one attached hydrogen (secondary N) is 1. The average Bonchev–Trinajstić information content (AvgIpc) is 2.53. The van der Waals surface area contributed by atoms with E-state index in [1.165, 1.54) is 5.56 Å². The molecule has 0 radical (unpaired) electrons. The Labute approximate surface area is 131 Å². The summed E-state index contributed by atoms with van der Waals surface area (Å²) >= 11 is 0. The van der Waals surface area contributed by atoms with E-state index in [-0.39, 0.29) is 5.91 Å². The molecule has 5 heteroatoms. The largest absolute Gasteiger partial charge is 0.389 e. The van der Waals surface area contributed by atoms with Gasteiger partial charge in [-0.05, 0) is 24.9 Å². The number of aliphatic hydroxyl groups excluding tert-OH is 2. The van der Waals surface area contributed by atoms with Gasteiger partial charge in [0, 0.05) is 19.5 Å². The van der Waals surface area contributed by atoms with Gasteiger partial charge in [-0.2, -0.15) is 0 Å². The number of likely N-dealkylation sites (tertiary alicyclic amines) is 1. The van der Waals surface area contributed by atoms with Gasteiger partial charge in [-0.25, -0.2) is 0 Å². The smallest absolute Gasteiger partial charge is 0.220 e. The fourth-order valence-corrected chi connectivity index (χ4v) is 2.88. The summed E-state index contributed by atoms with van der Waals surface area (Å²) in [7, 11) is 0. The van der Waals surface area contributed by atoms with E-state index in [0.29, 0.717) is 19.5 Å². The van der Waals surface area contributed by atoms with Gasteiger partial charge in [0.15, 0.2) is 0 Å². The van der Waals surface area contributed by atoms with Crippen molar-refractivity contribution in [3.8, 4) is 0 Å². The van der Waals surface area contributed by atoms with Crippen LogP contribution in [-0.4, -0.2) is 58.9 Å². The number of benzene rings is 1. The predicted octanol–water partition coefficient (Wildman–Crippen LogP) is 0.551. The molecule has 0 bridgehead atoms. The first-order valence-corrected chi connectivity index (χ1v) is 8.02. The normalized spacial score (nSPS) is 25.9. The van der Waals surface area contributed by atoms with E-state index in [0.717, 1.165) is 19.4 Å². The quantitative estimate of drug-likeness (QED) is 0.718. The molecule has 1 fully saturated rings. The van der Waals surface area contributed by atoms with Gasteiger partial charge in [-0.3, -0.25) is 9.69 Å². The molecule has 3 atom stereocenters. The summed E-state index contributed by atoms with van der Waals surface area (Å²) < 4.78 is 0. The van der Waals surface area contributed by atoms with Crippen LogP contribution in [0.1, 0.15) is 25.3 Å². The van der Waals surface area contributed by atoms with Crippen molar-refractivity contribution in [2.45, 2.75) is 44.4 Å². The molecule has 3 N–H and O–H groups in total. The maximum atomic E-state index is 11.5. The Bertz CT molecular complexity index is 466. The number of carbonyl (C=O) groups is 1. The summed E-state index contributed by atoms with van der Waals surface area (Å²) in [5.74, 6) is -0.0950. The lowest BCUT2D eigenvalue weighted by atomic mass is 9.98. The van der Waals surface area contributed by atoms with E-state index in [1.807, 2.05) is 18.2 Å². The number of aryl methyl sites for hydroxylation is 1. The van der Waals surface area contributed by atoms with E-state index >= 15 is 0 Å². The molecule has 2 rings (SSSR count). The minimum atomic E-state index is -0.888. The number of hydrogen-bond donors (Lipinski definition) is 3. The van der Waals surface area contributed by atoms with Gasteiger partial charge in [0.25, 0.3) is 0 Å². The number of piperidine rings is 1. The van der Waals surface area contributed by atoms with Gasteiger partial charge in [0.1, 0.15) is 6.10 Å². The monoisotopic (exact) mass is 306 g/mol. The number of aliphatic hydroxyl groups is 2. The molecule has 1 aliphatic rings. The Balaban J connectivity index is 1.82. The molecule has 22 heavy (non-hydrogen) atoms. The summed E-state index contributed by atoms with van der Waals surface area (Å²) in [6.45, 7) is 3.66. The molecule has 0 spiro atoms. The van der Waals surface area contributed by atoms with Gasteiger partial charge in [-0.1, -0.05) is 37.3 Å². The maximum Gasteiger partial charge on any atom is 0.220 e. The first kappa shape index (κ1) is 16.9. The van der Waals surface area contributed by atoms with Crippen LogP contribution >= 0.6 is 0 Å². The molecular weight excluding hydrogens is 280 g/mol. The molecule has 1 aromatic rings. The van der Waals surface area contributed by atoms with Gasteiger partial charge in [0.2, 0.25) is 5.91 Å². The van der Waals surface area contributed by atoms with E-state index in [1.54, 1.807) is 6.92 Å². The van der Waals surface area contributed by atoms with E-state index in [2.05, 4.69) is 22.3 Å². The van der Waals surface area contributed by atoms with E-state index < -0.39 is 18.2 Å². The molecule has 0 saturated carbocycles. The van der Waals surface area contributed by atoms with Crippen LogP contribution in [0, 0.1) is 0 Å². The highest BCUT2D eigenvalue weighted by Crippen LogP contribution is 2.13. The minimum Gasteiger partial charge on any atom is -0.389 e. The van der Waals surface area contributed by atoms with Crippen LogP contribution in [0.15, 0.2) is 30.3 Å². The fraction of sp³-hybridized carbons (Fsp3) is 0.588. The third kappa shape index (κ3) is 4.80. The van der Waals surface area contributed by atoms with Gasteiger partial charge in [0.05, 0.1) is 12.1 Å². The average molecular weight is 306 g/mol. The van der Waals surface area contributed by atoms with Crippen LogP contribution < -0.4 is 5.32 Å². The number of β-amino-alcohol motifs (C(OH)–C–C–N with tert-alkyl or cyclic N) is 1. The fourth-order valence-electron chi connectivity index (χ4n) is 2.88. The first-order valence-electron chi connectivity index (χ1n) is 8.02. The van der Waals surface area contributed by atoms with Gasteiger partial charge >= 0.3 is 0 Å². The van der Waals surface area contributed by atoms with Crippen molar-refractivity contribution in [2.24, 2.45) is 0 Å². The number of hydrogen-bond acceptors (Lipinski definition) is 4. The van der Waals surface area contributed by atoms with Crippen molar-refractivity contribution in [1.29, 1.82) is 0 Å². The van der Waals surface area contributed by atoms with Crippen molar-refractivity contribution >= 4 is 5.91 Å². The number of amides is 1. The van der Waals surface area contributed by atoms with Crippen LogP contribution in [-0.2, 0) is 11.2 Å². The van der Waals surface area contributed by atoms with Crippen LogP contribution in [0.5, 0.6) is 0 Å². The molecule has 1 amide bonds. The Hall–Kier alpha value is -1.43. The Morgan fingerprint density at radius 3 is 2.68 bits per heavy atom. The zero-order valence-electron chi connectivity index (χ0n) is 13.1. The molecule has 122 valence electrons. The molecule has 5 nitrogen and oxygen atoms in total. The third-order valence-electron chi connectivity index (χ3n) is 4.16. The molecule has 0 aromatic heterocycles. The summed E-state index contributed by atoms with van der Waals surface area (Å²) in [6.07, 6.45) is 0.657. The minimum absolute atomic E-state index is 0.0950. The zero-order valence-corrected chi connectivity index (χ0v) is 13.1. The second kappa shape index (κ2) is 8.27. The molecule has 1 aliphatic heterocycles. The maximum absolute atomic E-state index is 11.5. The van der Waals surface area contributed by atoms with Crippen LogP contribution in [0.2, 0.25) is 0 Å². The Morgan fingerprint density at radius 1 is 1.27 bits per heavy atom. The second-order valence-electron chi connectivity index (χ2n) is 5.93. The molecular formula is C17H26N2O3. The molecule has 1 heterocycles. The summed E-state index contributed by atoms with van der Waals surface area (Å²) in [4.78, 5) is 13.6. The summed E-state index contributed by atoms with van der Waals surface area (Å²) in [5, 5.41) is 22.8. The standard InChI is InChI=1S/C17H26N2O3/c1-2-16(21)18-14-11-19(12-15(20)17(14)22)10-6-9-13-7-4-3-5-8-13/h3-5,7-8,14-15,17,20,22H,2,6,9-12H2,1H3,(H,18,21). The molecule has 1 saturated heterocycles. The van der Waals surface area contributed by atoms with Crippen molar-refractivity contribution in [3.05, 3.63) is 35.9 Å². The van der Waals surface area contributed by atoms with Crippen molar-refractivity contribution in [2.75, 3.05) is 19.6 Å². The molecule has 1 aromatic carbocycles. The number of rotatable bonds is 6. The number of carbonyl (C=O) groups excluding carboxylic acids is 1. The third-order valence-corrected chi connectivity index (χ3v) is 4.16. The van der Waals surface area contributed by atoms with E-state index in [9.17, 15) is 15.0 Å².